The van der Waals surface area contributed by atoms with E-state index in [0.717, 1.165) is 10.5 Å². The summed E-state index contributed by atoms with van der Waals surface area (Å²) in [6.07, 6.45) is 1.99. The Balaban J connectivity index is 1.34. The molecule has 0 bridgehead atoms. The molecule has 5 aromatic carbocycles. The number of nitrogens with zero attached hydrogens (tertiary/aromatic N) is 2. The number of aromatic nitrogens is 1. The van der Waals surface area contributed by atoms with Gasteiger partial charge in [-0.25, -0.2) is 4.98 Å². The summed E-state index contributed by atoms with van der Waals surface area (Å²) in [6.45, 7) is 9.29. The minimum Gasteiger partial charge on any atom is -0.359 e. The van der Waals surface area contributed by atoms with Crippen LogP contribution in [0.15, 0.2) is 115 Å². The smallest absolute Gasteiger partial charge is 0.132 e. The lowest BCUT2D eigenvalue weighted by molar-refractivity contribution is 0.775. The first-order valence-corrected chi connectivity index (χ1v) is 16.4. The third-order valence-corrected chi connectivity index (χ3v) is 10.1. The SMILES string of the molecule is CC(C)c1cc(-c2ccc3ccccc3c2)cc(C(C)C)c1N1c2ccccc2NC1c1cnc2sc3ccccc3c2c1. The van der Waals surface area contributed by atoms with Crippen molar-refractivity contribution in [1.82, 2.24) is 4.98 Å². The monoisotopic (exact) mass is 589 g/mol. The van der Waals surface area contributed by atoms with E-state index in [0.29, 0.717) is 11.8 Å². The number of thiophene rings is 1. The lowest BCUT2D eigenvalue weighted by Gasteiger charge is -2.34. The summed E-state index contributed by atoms with van der Waals surface area (Å²) in [7, 11) is 0. The molecule has 7 aromatic rings. The van der Waals surface area contributed by atoms with Gasteiger partial charge in [-0.2, -0.15) is 0 Å². The maximum absolute atomic E-state index is 5.00. The number of fused-ring (bicyclic) bond motifs is 5. The van der Waals surface area contributed by atoms with Gasteiger partial charge < -0.3 is 10.2 Å². The molecule has 0 radical (unpaired) electrons. The first-order valence-electron chi connectivity index (χ1n) is 15.6. The number of anilines is 3. The molecule has 1 aliphatic heterocycles. The summed E-state index contributed by atoms with van der Waals surface area (Å²) in [4.78, 5) is 8.63. The van der Waals surface area contributed by atoms with Gasteiger partial charge in [-0.15, -0.1) is 11.3 Å². The van der Waals surface area contributed by atoms with Crippen molar-refractivity contribution < 1.29 is 0 Å². The summed E-state index contributed by atoms with van der Waals surface area (Å²) in [5, 5.41) is 8.93. The van der Waals surface area contributed by atoms with Gasteiger partial charge in [0, 0.05) is 27.2 Å². The second-order valence-electron chi connectivity index (χ2n) is 12.5. The lowest BCUT2D eigenvalue weighted by atomic mass is 9.87. The molecule has 0 amide bonds. The van der Waals surface area contributed by atoms with Gasteiger partial charge in [0.15, 0.2) is 0 Å². The average molecular weight is 590 g/mol. The predicted molar refractivity (Wildman–Crippen MR) is 190 cm³/mol. The van der Waals surface area contributed by atoms with Crippen LogP contribution in [0.5, 0.6) is 0 Å². The van der Waals surface area contributed by atoms with Gasteiger partial charge in [-0.3, -0.25) is 0 Å². The molecule has 1 unspecified atom stereocenters. The zero-order valence-corrected chi connectivity index (χ0v) is 26.3. The minimum atomic E-state index is -0.0792. The van der Waals surface area contributed by atoms with Crippen LogP contribution >= 0.6 is 11.3 Å². The van der Waals surface area contributed by atoms with Crippen molar-refractivity contribution in [2.75, 3.05) is 10.2 Å². The van der Waals surface area contributed by atoms with Crippen LogP contribution in [0.1, 0.15) is 62.4 Å². The van der Waals surface area contributed by atoms with Gasteiger partial charge in [0.25, 0.3) is 0 Å². The number of para-hydroxylation sites is 2. The normalized spacial score (nSPS) is 14.7. The molecule has 0 aliphatic carbocycles. The van der Waals surface area contributed by atoms with Gasteiger partial charge >= 0.3 is 0 Å². The van der Waals surface area contributed by atoms with E-state index in [1.807, 2.05) is 0 Å². The summed E-state index contributed by atoms with van der Waals surface area (Å²) in [5.41, 5.74) is 10.1. The average Bonchev–Trinajstić information content (AvgIpc) is 3.62. The number of pyridine rings is 1. The molecule has 1 atom stereocenters. The molecule has 3 nitrogen and oxygen atoms in total. The maximum Gasteiger partial charge on any atom is 0.132 e. The van der Waals surface area contributed by atoms with E-state index in [2.05, 4.69) is 153 Å². The van der Waals surface area contributed by atoms with Crippen LogP contribution in [0.25, 0.3) is 42.2 Å². The van der Waals surface area contributed by atoms with Crippen LogP contribution in [0.3, 0.4) is 0 Å². The fourth-order valence-electron chi connectivity index (χ4n) is 6.79. The largest absolute Gasteiger partial charge is 0.359 e. The van der Waals surface area contributed by atoms with E-state index in [1.54, 1.807) is 11.3 Å². The summed E-state index contributed by atoms with van der Waals surface area (Å²) in [5.74, 6) is 0.662. The molecule has 2 aromatic heterocycles. The zero-order chi connectivity index (χ0) is 29.9. The van der Waals surface area contributed by atoms with Crippen LogP contribution in [0.4, 0.5) is 17.1 Å². The molecule has 0 saturated carbocycles. The Morgan fingerprint density at radius 3 is 2.18 bits per heavy atom. The van der Waals surface area contributed by atoms with Crippen molar-refractivity contribution in [3.63, 3.8) is 0 Å². The number of hydrogen-bond acceptors (Lipinski definition) is 4. The van der Waals surface area contributed by atoms with Crippen LogP contribution in [-0.4, -0.2) is 4.98 Å². The van der Waals surface area contributed by atoms with Crippen LogP contribution in [-0.2, 0) is 0 Å². The molecule has 0 spiro atoms. The van der Waals surface area contributed by atoms with Crippen LogP contribution in [0.2, 0.25) is 0 Å². The van der Waals surface area contributed by atoms with Gasteiger partial charge in [0.2, 0.25) is 0 Å². The Hall–Kier alpha value is -4.67. The molecule has 44 heavy (non-hydrogen) atoms. The molecule has 216 valence electrons. The van der Waals surface area contributed by atoms with Crippen molar-refractivity contribution in [1.29, 1.82) is 0 Å². The highest BCUT2D eigenvalue weighted by atomic mass is 32.1. The van der Waals surface area contributed by atoms with Crippen molar-refractivity contribution in [2.24, 2.45) is 0 Å². The fourth-order valence-corrected chi connectivity index (χ4v) is 7.81. The van der Waals surface area contributed by atoms with Gasteiger partial charge in [0.1, 0.15) is 11.0 Å². The van der Waals surface area contributed by atoms with E-state index in [4.69, 9.17) is 4.98 Å². The van der Waals surface area contributed by atoms with Gasteiger partial charge in [-0.05, 0) is 87.3 Å². The van der Waals surface area contributed by atoms with Crippen molar-refractivity contribution in [2.45, 2.75) is 45.7 Å². The first-order chi connectivity index (χ1) is 21.5. The number of nitrogens with one attached hydrogen (secondary N) is 1. The predicted octanol–water partition coefficient (Wildman–Crippen LogP) is 11.8. The molecule has 8 rings (SSSR count). The highest BCUT2D eigenvalue weighted by Crippen LogP contribution is 2.51. The zero-order valence-electron chi connectivity index (χ0n) is 25.5. The molecule has 1 N–H and O–H groups in total. The Morgan fingerprint density at radius 1 is 0.682 bits per heavy atom. The van der Waals surface area contributed by atoms with E-state index in [1.165, 1.54) is 65.4 Å². The molecular weight excluding hydrogens is 555 g/mol. The standard InChI is InChI=1S/C40H35N3S/c1-24(2)32-20-29(28-18-17-26-11-5-6-12-27(26)19-28)21-33(25(3)4)38(32)43-36-15-9-8-14-35(36)42-39(43)30-22-34-31-13-7-10-16-37(31)44-40(34)41-23-30/h5-25,39,42H,1-4H3. The van der Waals surface area contributed by atoms with E-state index < -0.39 is 0 Å². The lowest BCUT2D eigenvalue weighted by Crippen LogP contribution is -2.26. The Morgan fingerprint density at radius 2 is 1.39 bits per heavy atom. The quantitative estimate of drug-likeness (QED) is 0.216. The Kier molecular flexibility index (Phi) is 6.42. The highest BCUT2D eigenvalue weighted by molar-refractivity contribution is 7.25. The molecule has 3 heterocycles. The second kappa shape index (κ2) is 10.5. The minimum absolute atomic E-state index is 0.0792. The van der Waals surface area contributed by atoms with Crippen molar-refractivity contribution in [3.8, 4) is 11.1 Å². The highest BCUT2D eigenvalue weighted by Gasteiger charge is 2.35. The third kappa shape index (κ3) is 4.36. The number of hydrogen-bond donors (Lipinski definition) is 1. The van der Waals surface area contributed by atoms with E-state index in [-0.39, 0.29) is 6.17 Å². The molecular formula is C40H35N3S. The van der Waals surface area contributed by atoms with Crippen LogP contribution in [0, 0.1) is 0 Å². The summed E-state index contributed by atoms with van der Waals surface area (Å²) < 4.78 is 1.28. The molecule has 1 aliphatic rings. The Labute approximate surface area is 262 Å². The first kappa shape index (κ1) is 26.9. The van der Waals surface area contributed by atoms with Crippen molar-refractivity contribution >= 4 is 59.5 Å². The number of benzene rings is 5. The number of rotatable bonds is 5. The third-order valence-electron chi connectivity index (χ3n) is 9.02. The van der Waals surface area contributed by atoms with Gasteiger partial charge in [0.05, 0.1) is 17.1 Å². The van der Waals surface area contributed by atoms with E-state index in [9.17, 15) is 0 Å². The van der Waals surface area contributed by atoms with Crippen LogP contribution < -0.4 is 10.2 Å². The fraction of sp³-hybridized carbons (Fsp3) is 0.175. The Bertz CT molecular complexity index is 2160. The maximum atomic E-state index is 5.00. The molecule has 4 heteroatoms. The summed E-state index contributed by atoms with van der Waals surface area (Å²) in [6, 6.07) is 40.0. The van der Waals surface area contributed by atoms with Gasteiger partial charge in [-0.1, -0.05) is 94.4 Å². The molecule has 0 saturated heterocycles. The topological polar surface area (TPSA) is 28.2 Å². The van der Waals surface area contributed by atoms with E-state index >= 15 is 0 Å². The second-order valence-corrected chi connectivity index (χ2v) is 13.6. The molecule has 0 fully saturated rings. The van der Waals surface area contributed by atoms with Crippen molar-refractivity contribution in [3.05, 3.63) is 132 Å². The summed E-state index contributed by atoms with van der Waals surface area (Å²) >= 11 is 1.77.